The monoisotopic (exact) mass is 206 g/mol. The molecule has 0 spiro atoms. The van der Waals surface area contributed by atoms with Gasteiger partial charge < -0.3 is 9.47 Å². The third-order valence-electron chi connectivity index (χ3n) is 1.51. The Morgan fingerprint density at radius 2 is 1.62 bits per heavy atom. The van der Waals surface area contributed by atoms with Gasteiger partial charge in [-0.15, -0.1) is 0 Å². The van der Waals surface area contributed by atoms with E-state index >= 15 is 0 Å². The van der Waals surface area contributed by atoms with Crippen molar-refractivity contribution in [3.05, 3.63) is 0 Å². The lowest BCUT2D eigenvalue weighted by atomic mass is 10.4. The number of hydrogen-bond donors (Lipinski definition) is 0. The third-order valence-corrected chi connectivity index (χ3v) is 2.65. The lowest BCUT2D eigenvalue weighted by Gasteiger charge is -2.16. The molecule has 3 heteroatoms. The van der Waals surface area contributed by atoms with Crippen molar-refractivity contribution in [2.24, 2.45) is 0 Å². The van der Waals surface area contributed by atoms with Gasteiger partial charge in [0.05, 0.1) is 0 Å². The van der Waals surface area contributed by atoms with Crippen molar-refractivity contribution in [3.63, 3.8) is 0 Å². The summed E-state index contributed by atoms with van der Waals surface area (Å²) in [6.07, 6.45) is 0.992. The number of thioether (sulfide) groups is 1. The molecule has 0 aromatic heterocycles. The number of rotatable bonds is 8. The van der Waals surface area contributed by atoms with E-state index in [0.717, 1.165) is 25.4 Å². The van der Waals surface area contributed by atoms with Gasteiger partial charge in [0.1, 0.15) is 0 Å². The first kappa shape index (κ1) is 13.3. The summed E-state index contributed by atoms with van der Waals surface area (Å²) in [7, 11) is 0. The molecule has 80 valence electrons. The van der Waals surface area contributed by atoms with Crippen LogP contribution in [0.3, 0.4) is 0 Å². The van der Waals surface area contributed by atoms with Crippen LogP contribution in [0.5, 0.6) is 0 Å². The van der Waals surface area contributed by atoms with Gasteiger partial charge in [-0.05, 0) is 24.9 Å². The quantitative estimate of drug-likeness (QED) is 0.569. The van der Waals surface area contributed by atoms with E-state index in [0.29, 0.717) is 5.25 Å². The first-order valence-corrected chi connectivity index (χ1v) is 6.10. The zero-order valence-corrected chi connectivity index (χ0v) is 10.0. The normalized spacial score (nSPS) is 11.5. The predicted octanol–water partition coefficient (Wildman–Crippen LogP) is 2.92. The van der Waals surface area contributed by atoms with E-state index in [9.17, 15) is 0 Å². The van der Waals surface area contributed by atoms with E-state index in [2.05, 4.69) is 13.8 Å². The predicted molar refractivity (Wildman–Crippen MR) is 59.3 cm³/mol. The van der Waals surface area contributed by atoms with Crippen LogP contribution in [0.4, 0.5) is 0 Å². The second-order valence-electron chi connectivity index (χ2n) is 3.05. The molecule has 0 aliphatic heterocycles. The molecule has 0 rings (SSSR count). The van der Waals surface area contributed by atoms with Crippen LogP contribution in [0, 0.1) is 0 Å². The van der Waals surface area contributed by atoms with E-state index in [1.165, 1.54) is 0 Å². The second-order valence-corrected chi connectivity index (χ2v) is 4.73. The molecule has 2 nitrogen and oxygen atoms in total. The Morgan fingerprint density at radius 1 is 1.08 bits per heavy atom. The summed E-state index contributed by atoms with van der Waals surface area (Å²) in [5.74, 6) is 1.11. The van der Waals surface area contributed by atoms with E-state index in [-0.39, 0.29) is 6.29 Å². The van der Waals surface area contributed by atoms with Gasteiger partial charge in [0.25, 0.3) is 0 Å². The molecule has 0 aromatic rings. The smallest absolute Gasteiger partial charge is 0.158 e. The van der Waals surface area contributed by atoms with Gasteiger partial charge in [0.15, 0.2) is 6.29 Å². The van der Waals surface area contributed by atoms with Gasteiger partial charge >= 0.3 is 0 Å². The average molecular weight is 206 g/mol. The van der Waals surface area contributed by atoms with Gasteiger partial charge in [-0.1, -0.05) is 13.8 Å². The van der Waals surface area contributed by atoms with Crippen LogP contribution < -0.4 is 0 Å². The summed E-state index contributed by atoms with van der Waals surface area (Å²) < 4.78 is 10.9. The Kier molecular flexibility index (Phi) is 9.03. The maximum atomic E-state index is 5.43. The second kappa shape index (κ2) is 8.85. The third kappa shape index (κ3) is 8.60. The van der Waals surface area contributed by atoms with E-state index < -0.39 is 0 Å². The van der Waals surface area contributed by atoms with E-state index in [1.54, 1.807) is 0 Å². The fraction of sp³-hybridized carbons (Fsp3) is 1.00. The zero-order valence-electron chi connectivity index (χ0n) is 9.21. The number of ether oxygens (including phenoxy) is 2. The Hall–Kier alpha value is 0.270. The van der Waals surface area contributed by atoms with Crippen molar-refractivity contribution < 1.29 is 9.47 Å². The Balaban J connectivity index is 3.44. The van der Waals surface area contributed by atoms with Crippen molar-refractivity contribution in [2.75, 3.05) is 19.0 Å². The van der Waals surface area contributed by atoms with Crippen molar-refractivity contribution in [1.82, 2.24) is 0 Å². The van der Waals surface area contributed by atoms with Crippen LogP contribution in [0.1, 0.15) is 34.1 Å². The van der Waals surface area contributed by atoms with Gasteiger partial charge in [0, 0.05) is 19.6 Å². The van der Waals surface area contributed by atoms with E-state index in [4.69, 9.17) is 9.47 Å². The maximum absolute atomic E-state index is 5.43. The maximum Gasteiger partial charge on any atom is 0.158 e. The Morgan fingerprint density at radius 3 is 2.00 bits per heavy atom. The molecule has 13 heavy (non-hydrogen) atoms. The van der Waals surface area contributed by atoms with Gasteiger partial charge in [-0.3, -0.25) is 0 Å². The van der Waals surface area contributed by atoms with Gasteiger partial charge in [0.2, 0.25) is 0 Å². The minimum absolute atomic E-state index is 0.00116. The molecule has 0 saturated carbocycles. The lowest BCUT2D eigenvalue weighted by Crippen LogP contribution is -2.18. The zero-order chi connectivity index (χ0) is 10.1. The average Bonchev–Trinajstić information content (AvgIpc) is 2.04. The first-order chi connectivity index (χ1) is 6.20. The molecule has 0 aliphatic carbocycles. The van der Waals surface area contributed by atoms with Crippen LogP contribution in [-0.4, -0.2) is 30.5 Å². The molecule has 0 bridgehead atoms. The summed E-state index contributed by atoms with van der Waals surface area (Å²) >= 11 is 1.95. The summed E-state index contributed by atoms with van der Waals surface area (Å²) in [6.45, 7) is 9.89. The highest BCUT2D eigenvalue weighted by molar-refractivity contribution is 7.99. The fourth-order valence-electron chi connectivity index (χ4n) is 0.987. The molecular weight excluding hydrogens is 184 g/mol. The molecule has 0 radical (unpaired) electrons. The molecule has 0 amide bonds. The van der Waals surface area contributed by atoms with Crippen LogP contribution in [0.15, 0.2) is 0 Å². The minimum atomic E-state index is 0.00116. The largest absolute Gasteiger partial charge is 0.353 e. The Bertz CT molecular complexity index is 101. The van der Waals surface area contributed by atoms with Crippen molar-refractivity contribution in [1.29, 1.82) is 0 Å². The highest BCUT2D eigenvalue weighted by atomic mass is 32.2. The topological polar surface area (TPSA) is 18.5 Å². The van der Waals surface area contributed by atoms with Gasteiger partial charge in [-0.2, -0.15) is 11.8 Å². The standard InChI is InChI=1S/C10H22O2S/c1-5-11-10(12-6-2)7-8-13-9(3)4/h9-10H,5-8H2,1-4H3. The molecule has 0 N–H and O–H groups in total. The van der Waals surface area contributed by atoms with Gasteiger partial charge in [-0.25, -0.2) is 0 Å². The van der Waals surface area contributed by atoms with Crippen molar-refractivity contribution >= 4 is 11.8 Å². The molecule has 0 heterocycles. The molecule has 0 unspecified atom stereocenters. The highest BCUT2D eigenvalue weighted by Gasteiger charge is 2.07. The first-order valence-electron chi connectivity index (χ1n) is 5.05. The summed E-state index contributed by atoms with van der Waals surface area (Å²) in [5.41, 5.74) is 0. The summed E-state index contributed by atoms with van der Waals surface area (Å²) in [4.78, 5) is 0. The van der Waals surface area contributed by atoms with Crippen molar-refractivity contribution in [3.8, 4) is 0 Å². The molecule has 0 fully saturated rings. The summed E-state index contributed by atoms with van der Waals surface area (Å²) in [5, 5.41) is 0.698. The molecular formula is C10H22O2S. The minimum Gasteiger partial charge on any atom is -0.353 e. The van der Waals surface area contributed by atoms with Crippen LogP contribution >= 0.6 is 11.8 Å². The summed E-state index contributed by atoms with van der Waals surface area (Å²) in [6, 6.07) is 0. The molecule has 0 aromatic carbocycles. The fourth-order valence-corrected chi connectivity index (χ4v) is 1.79. The number of hydrogen-bond acceptors (Lipinski definition) is 3. The van der Waals surface area contributed by atoms with Crippen LogP contribution in [-0.2, 0) is 9.47 Å². The highest BCUT2D eigenvalue weighted by Crippen LogP contribution is 2.13. The molecule has 0 atom stereocenters. The van der Waals surface area contributed by atoms with E-state index in [1.807, 2.05) is 25.6 Å². The van der Waals surface area contributed by atoms with Crippen LogP contribution in [0.2, 0.25) is 0 Å². The molecule has 0 saturated heterocycles. The SMILES string of the molecule is CCOC(CCSC(C)C)OCC. The molecule has 0 aliphatic rings. The Labute approximate surface area is 86.4 Å². The van der Waals surface area contributed by atoms with Crippen LogP contribution in [0.25, 0.3) is 0 Å². The van der Waals surface area contributed by atoms with Crippen molar-refractivity contribution in [2.45, 2.75) is 45.7 Å². The lowest BCUT2D eigenvalue weighted by molar-refractivity contribution is -0.136.